The smallest absolute Gasteiger partial charge is 0.224 e. The van der Waals surface area contributed by atoms with Gasteiger partial charge in [-0.3, -0.25) is 4.79 Å². The molecule has 3 atom stereocenters. The molecule has 3 nitrogen and oxygen atoms in total. The second-order valence-corrected chi connectivity index (χ2v) is 4.71. The SMILES string of the molecule is CC(N)C(C)C(=O)NCC(C)C1CC1. The van der Waals surface area contributed by atoms with Crippen molar-refractivity contribution in [3.63, 3.8) is 0 Å². The highest BCUT2D eigenvalue weighted by molar-refractivity contribution is 5.78. The predicted molar refractivity (Wildman–Crippen MR) is 57.7 cm³/mol. The van der Waals surface area contributed by atoms with Crippen molar-refractivity contribution in [3.05, 3.63) is 0 Å². The number of nitrogens with one attached hydrogen (secondary N) is 1. The van der Waals surface area contributed by atoms with Gasteiger partial charge in [-0.1, -0.05) is 13.8 Å². The molecule has 14 heavy (non-hydrogen) atoms. The van der Waals surface area contributed by atoms with Crippen LogP contribution in [-0.2, 0) is 4.79 Å². The van der Waals surface area contributed by atoms with Crippen molar-refractivity contribution in [1.29, 1.82) is 0 Å². The molecule has 0 spiro atoms. The minimum absolute atomic E-state index is 0.0637. The van der Waals surface area contributed by atoms with Gasteiger partial charge >= 0.3 is 0 Å². The van der Waals surface area contributed by atoms with E-state index in [4.69, 9.17) is 5.73 Å². The summed E-state index contributed by atoms with van der Waals surface area (Å²) in [4.78, 5) is 11.5. The quantitative estimate of drug-likeness (QED) is 0.696. The van der Waals surface area contributed by atoms with Crippen LogP contribution in [-0.4, -0.2) is 18.5 Å². The summed E-state index contributed by atoms with van der Waals surface area (Å²) in [6, 6.07) is -0.0637. The Hall–Kier alpha value is -0.570. The molecule has 1 rings (SSSR count). The normalized spacial score (nSPS) is 22.6. The van der Waals surface area contributed by atoms with Gasteiger partial charge in [0, 0.05) is 18.5 Å². The molecule has 0 heterocycles. The predicted octanol–water partition coefficient (Wildman–Crippen LogP) is 1.13. The van der Waals surface area contributed by atoms with Gasteiger partial charge in [0.25, 0.3) is 0 Å². The van der Waals surface area contributed by atoms with Crippen molar-refractivity contribution < 1.29 is 4.79 Å². The average Bonchev–Trinajstić information content (AvgIpc) is 2.95. The molecule has 3 N–H and O–H groups in total. The third kappa shape index (κ3) is 3.29. The molecular weight excluding hydrogens is 176 g/mol. The Morgan fingerprint density at radius 3 is 2.43 bits per heavy atom. The molecule has 1 aliphatic rings. The maximum Gasteiger partial charge on any atom is 0.224 e. The van der Waals surface area contributed by atoms with Crippen LogP contribution in [0.1, 0.15) is 33.6 Å². The number of nitrogens with two attached hydrogens (primary N) is 1. The molecule has 1 fully saturated rings. The second kappa shape index (κ2) is 4.78. The molecule has 0 aromatic heterocycles. The standard InChI is InChI=1S/C11H22N2O/c1-7(10-4-5-10)6-13-11(14)8(2)9(3)12/h7-10H,4-6,12H2,1-3H3,(H,13,14). The zero-order valence-corrected chi connectivity index (χ0v) is 9.42. The van der Waals surface area contributed by atoms with E-state index in [1.54, 1.807) is 0 Å². The van der Waals surface area contributed by atoms with Crippen molar-refractivity contribution in [1.82, 2.24) is 5.32 Å². The molecule has 1 amide bonds. The number of hydrogen-bond donors (Lipinski definition) is 2. The van der Waals surface area contributed by atoms with Gasteiger partial charge in [-0.05, 0) is 31.6 Å². The number of rotatable bonds is 5. The van der Waals surface area contributed by atoms with E-state index in [0.717, 1.165) is 12.5 Å². The first kappa shape index (κ1) is 11.5. The summed E-state index contributed by atoms with van der Waals surface area (Å²) in [5.74, 6) is 1.48. The Bertz CT molecular complexity index is 199. The largest absolute Gasteiger partial charge is 0.356 e. The lowest BCUT2D eigenvalue weighted by Gasteiger charge is -2.17. The summed E-state index contributed by atoms with van der Waals surface area (Å²) in [7, 11) is 0. The minimum Gasteiger partial charge on any atom is -0.356 e. The molecule has 0 aromatic rings. The van der Waals surface area contributed by atoms with Crippen LogP contribution < -0.4 is 11.1 Å². The van der Waals surface area contributed by atoms with Gasteiger partial charge in [-0.15, -0.1) is 0 Å². The van der Waals surface area contributed by atoms with Crippen LogP contribution in [0.15, 0.2) is 0 Å². The van der Waals surface area contributed by atoms with Crippen LogP contribution in [0, 0.1) is 17.8 Å². The molecule has 0 bridgehead atoms. The van der Waals surface area contributed by atoms with E-state index in [-0.39, 0.29) is 17.9 Å². The van der Waals surface area contributed by atoms with Crippen molar-refractivity contribution in [2.45, 2.75) is 39.7 Å². The highest BCUT2D eigenvalue weighted by Crippen LogP contribution is 2.36. The third-order valence-corrected chi connectivity index (χ3v) is 3.23. The van der Waals surface area contributed by atoms with E-state index in [0.29, 0.717) is 5.92 Å². The Morgan fingerprint density at radius 1 is 1.43 bits per heavy atom. The molecule has 0 aromatic carbocycles. The lowest BCUT2D eigenvalue weighted by molar-refractivity contribution is -0.125. The first-order valence-electron chi connectivity index (χ1n) is 5.55. The molecule has 3 unspecified atom stereocenters. The molecular formula is C11H22N2O. The highest BCUT2D eigenvalue weighted by Gasteiger charge is 2.28. The lowest BCUT2D eigenvalue weighted by Crippen LogP contribution is -2.40. The summed E-state index contributed by atoms with van der Waals surface area (Å²) in [5.41, 5.74) is 5.65. The zero-order chi connectivity index (χ0) is 10.7. The van der Waals surface area contributed by atoms with E-state index < -0.39 is 0 Å². The number of hydrogen-bond acceptors (Lipinski definition) is 2. The van der Waals surface area contributed by atoms with Crippen LogP contribution in [0.5, 0.6) is 0 Å². The molecule has 0 aliphatic heterocycles. The highest BCUT2D eigenvalue weighted by atomic mass is 16.1. The topological polar surface area (TPSA) is 55.1 Å². The zero-order valence-electron chi connectivity index (χ0n) is 9.42. The first-order chi connectivity index (χ1) is 6.52. The summed E-state index contributed by atoms with van der Waals surface area (Å²) < 4.78 is 0. The van der Waals surface area contributed by atoms with Crippen LogP contribution >= 0.6 is 0 Å². The molecule has 0 saturated heterocycles. The monoisotopic (exact) mass is 198 g/mol. The summed E-state index contributed by atoms with van der Waals surface area (Å²) >= 11 is 0. The fourth-order valence-electron chi connectivity index (χ4n) is 1.49. The first-order valence-corrected chi connectivity index (χ1v) is 5.55. The number of carbonyl (C=O) groups is 1. The van der Waals surface area contributed by atoms with Gasteiger partial charge in [-0.2, -0.15) is 0 Å². The van der Waals surface area contributed by atoms with Crippen molar-refractivity contribution in [2.24, 2.45) is 23.5 Å². The summed E-state index contributed by atoms with van der Waals surface area (Å²) in [6.45, 7) is 6.76. The Balaban J connectivity index is 2.19. The molecule has 0 radical (unpaired) electrons. The van der Waals surface area contributed by atoms with Gasteiger partial charge in [0.2, 0.25) is 5.91 Å². The van der Waals surface area contributed by atoms with Gasteiger partial charge < -0.3 is 11.1 Å². The Kier molecular flexibility index (Phi) is 3.93. The van der Waals surface area contributed by atoms with Gasteiger partial charge in [0.1, 0.15) is 0 Å². The van der Waals surface area contributed by atoms with Gasteiger partial charge in [0.15, 0.2) is 0 Å². The van der Waals surface area contributed by atoms with Crippen molar-refractivity contribution in [3.8, 4) is 0 Å². The van der Waals surface area contributed by atoms with E-state index in [2.05, 4.69) is 12.2 Å². The average molecular weight is 198 g/mol. The van der Waals surface area contributed by atoms with E-state index in [1.165, 1.54) is 12.8 Å². The second-order valence-electron chi connectivity index (χ2n) is 4.71. The van der Waals surface area contributed by atoms with Crippen LogP contribution in [0.2, 0.25) is 0 Å². The van der Waals surface area contributed by atoms with Gasteiger partial charge in [0.05, 0.1) is 0 Å². The van der Waals surface area contributed by atoms with E-state index in [9.17, 15) is 4.79 Å². The summed E-state index contributed by atoms with van der Waals surface area (Å²) in [5, 5.41) is 2.97. The maximum atomic E-state index is 11.5. The molecule has 82 valence electrons. The third-order valence-electron chi connectivity index (χ3n) is 3.23. The summed E-state index contributed by atoms with van der Waals surface area (Å²) in [6.07, 6.45) is 2.67. The fourth-order valence-corrected chi connectivity index (χ4v) is 1.49. The van der Waals surface area contributed by atoms with Crippen LogP contribution in [0.4, 0.5) is 0 Å². The molecule has 3 heteroatoms. The molecule has 1 saturated carbocycles. The Labute approximate surface area is 86.4 Å². The Morgan fingerprint density at radius 2 is 2.00 bits per heavy atom. The van der Waals surface area contributed by atoms with E-state index in [1.807, 2.05) is 13.8 Å². The minimum atomic E-state index is -0.0820. The number of amides is 1. The maximum absolute atomic E-state index is 11.5. The van der Waals surface area contributed by atoms with Gasteiger partial charge in [-0.25, -0.2) is 0 Å². The molecule has 1 aliphatic carbocycles. The van der Waals surface area contributed by atoms with Crippen molar-refractivity contribution in [2.75, 3.05) is 6.54 Å². The fraction of sp³-hybridized carbons (Fsp3) is 0.909. The van der Waals surface area contributed by atoms with Crippen LogP contribution in [0.25, 0.3) is 0 Å². The lowest BCUT2D eigenvalue weighted by atomic mass is 10.0. The van der Waals surface area contributed by atoms with Crippen LogP contribution in [0.3, 0.4) is 0 Å². The van der Waals surface area contributed by atoms with E-state index >= 15 is 0 Å². The van der Waals surface area contributed by atoms with Crippen molar-refractivity contribution >= 4 is 5.91 Å². The number of carbonyl (C=O) groups excluding carboxylic acids is 1.